The molecular formula is C33H40N4O3. The van der Waals surface area contributed by atoms with E-state index < -0.39 is 0 Å². The molecule has 5 rings (SSSR count). The molecule has 7 heteroatoms. The number of para-hydroxylation sites is 2. The average molecular weight is 541 g/mol. The number of carbonyl (C=O) groups excluding carboxylic acids is 2. The number of methoxy groups -OCH3 is 1. The molecule has 3 aromatic carbocycles. The quantitative estimate of drug-likeness (QED) is 0.374. The van der Waals surface area contributed by atoms with Crippen molar-refractivity contribution in [2.75, 3.05) is 55.0 Å². The third-order valence-electron chi connectivity index (χ3n) is 8.07. The van der Waals surface area contributed by atoms with Gasteiger partial charge in [0, 0.05) is 50.0 Å². The van der Waals surface area contributed by atoms with E-state index in [2.05, 4.69) is 38.6 Å². The zero-order chi connectivity index (χ0) is 27.7. The summed E-state index contributed by atoms with van der Waals surface area (Å²) >= 11 is 0. The highest BCUT2D eigenvalue weighted by Gasteiger charge is 2.25. The SMILES string of the molecule is COc1ccccc1N1CCN(c2ccc(NC(=O)C3CCCCC3)cc2C(=O)NCCc2ccccc2)CC1. The topological polar surface area (TPSA) is 73.9 Å². The fraction of sp³-hybridized carbons (Fsp3) is 0.394. The Kier molecular flexibility index (Phi) is 9.22. The second-order valence-corrected chi connectivity index (χ2v) is 10.7. The molecule has 2 amide bonds. The number of piperazine rings is 1. The van der Waals surface area contributed by atoms with E-state index in [0.717, 1.165) is 75.4 Å². The van der Waals surface area contributed by atoms with Crippen molar-refractivity contribution in [3.8, 4) is 5.75 Å². The maximum Gasteiger partial charge on any atom is 0.253 e. The van der Waals surface area contributed by atoms with Gasteiger partial charge in [0.1, 0.15) is 5.75 Å². The van der Waals surface area contributed by atoms with Crippen molar-refractivity contribution in [3.63, 3.8) is 0 Å². The van der Waals surface area contributed by atoms with Crippen LogP contribution in [-0.4, -0.2) is 51.6 Å². The zero-order valence-electron chi connectivity index (χ0n) is 23.4. The largest absolute Gasteiger partial charge is 0.495 e. The van der Waals surface area contributed by atoms with Gasteiger partial charge in [0.25, 0.3) is 5.91 Å². The van der Waals surface area contributed by atoms with Crippen LogP contribution >= 0.6 is 0 Å². The molecule has 0 bridgehead atoms. The lowest BCUT2D eigenvalue weighted by Gasteiger charge is -2.38. The highest BCUT2D eigenvalue weighted by molar-refractivity contribution is 6.02. The van der Waals surface area contributed by atoms with E-state index >= 15 is 0 Å². The number of nitrogens with one attached hydrogen (secondary N) is 2. The van der Waals surface area contributed by atoms with Gasteiger partial charge >= 0.3 is 0 Å². The van der Waals surface area contributed by atoms with E-state index in [-0.39, 0.29) is 17.7 Å². The first-order chi connectivity index (χ1) is 19.6. The van der Waals surface area contributed by atoms with Crippen molar-refractivity contribution in [3.05, 3.63) is 83.9 Å². The minimum absolute atomic E-state index is 0.0552. The van der Waals surface area contributed by atoms with Crippen LogP contribution in [0.15, 0.2) is 72.8 Å². The van der Waals surface area contributed by atoms with Gasteiger partial charge in [-0.2, -0.15) is 0 Å². The first-order valence-corrected chi connectivity index (χ1v) is 14.5. The molecule has 0 aromatic heterocycles. The molecule has 1 saturated carbocycles. The summed E-state index contributed by atoms with van der Waals surface area (Å²) in [5.41, 5.74) is 4.45. The van der Waals surface area contributed by atoms with Gasteiger partial charge in [-0.1, -0.05) is 61.7 Å². The lowest BCUT2D eigenvalue weighted by Crippen LogP contribution is -2.47. The smallest absolute Gasteiger partial charge is 0.253 e. The summed E-state index contributed by atoms with van der Waals surface area (Å²) in [6, 6.07) is 24.0. The summed E-state index contributed by atoms with van der Waals surface area (Å²) in [5.74, 6) is 0.868. The number of amides is 2. The number of hydrogen-bond donors (Lipinski definition) is 2. The van der Waals surface area contributed by atoms with Crippen molar-refractivity contribution in [2.24, 2.45) is 5.92 Å². The summed E-state index contributed by atoms with van der Waals surface area (Å²) < 4.78 is 5.58. The number of benzene rings is 3. The normalized spacial score (nSPS) is 15.9. The van der Waals surface area contributed by atoms with E-state index in [4.69, 9.17) is 4.74 Å². The van der Waals surface area contributed by atoms with E-state index in [1.165, 1.54) is 12.0 Å². The number of carbonyl (C=O) groups is 2. The molecule has 3 aromatic rings. The Hall–Kier alpha value is -4.00. The van der Waals surface area contributed by atoms with Gasteiger partial charge in [-0.15, -0.1) is 0 Å². The summed E-state index contributed by atoms with van der Waals surface area (Å²) in [7, 11) is 1.70. The van der Waals surface area contributed by atoms with Crippen LogP contribution in [-0.2, 0) is 11.2 Å². The summed E-state index contributed by atoms with van der Waals surface area (Å²) in [6.07, 6.45) is 6.05. The van der Waals surface area contributed by atoms with E-state index in [1.807, 2.05) is 54.6 Å². The van der Waals surface area contributed by atoms with Gasteiger partial charge in [-0.3, -0.25) is 9.59 Å². The molecule has 0 atom stereocenters. The molecule has 0 radical (unpaired) electrons. The molecule has 2 fully saturated rings. The van der Waals surface area contributed by atoms with Crippen molar-refractivity contribution in [1.82, 2.24) is 5.32 Å². The lowest BCUT2D eigenvalue weighted by atomic mass is 9.88. The van der Waals surface area contributed by atoms with Crippen molar-refractivity contribution >= 4 is 28.9 Å². The van der Waals surface area contributed by atoms with Crippen LogP contribution in [0.5, 0.6) is 5.75 Å². The Morgan fingerprint density at radius 3 is 2.23 bits per heavy atom. The Morgan fingerprint density at radius 1 is 0.825 bits per heavy atom. The minimum Gasteiger partial charge on any atom is -0.495 e. The second-order valence-electron chi connectivity index (χ2n) is 10.7. The molecule has 40 heavy (non-hydrogen) atoms. The maximum atomic E-state index is 13.5. The molecule has 0 spiro atoms. The molecular weight excluding hydrogens is 500 g/mol. The predicted molar refractivity (Wildman–Crippen MR) is 162 cm³/mol. The molecule has 7 nitrogen and oxygen atoms in total. The van der Waals surface area contributed by atoms with Crippen LogP contribution < -0.4 is 25.2 Å². The van der Waals surface area contributed by atoms with Gasteiger partial charge in [-0.05, 0) is 55.2 Å². The summed E-state index contributed by atoms with van der Waals surface area (Å²) in [6.45, 7) is 3.72. The van der Waals surface area contributed by atoms with Gasteiger partial charge in [0.2, 0.25) is 5.91 Å². The number of nitrogens with zero attached hydrogens (tertiary/aromatic N) is 2. The second kappa shape index (κ2) is 13.4. The monoisotopic (exact) mass is 540 g/mol. The first-order valence-electron chi connectivity index (χ1n) is 14.5. The van der Waals surface area contributed by atoms with Crippen molar-refractivity contribution < 1.29 is 14.3 Å². The van der Waals surface area contributed by atoms with E-state index in [9.17, 15) is 9.59 Å². The van der Waals surface area contributed by atoms with Crippen molar-refractivity contribution in [2.45, 2.75) is 38.5 Å². The van der Waals surface area contributed by atoms with Crippen LogP contribution in [0.25, 0.3) is 0 Å². The molecule has 1 saturated heterocycles. The molecule has 1 aliphatic heterocycles. The molecule has 2 N–H and O–H groups in total. The highest BCUT2D eigenvalue weighted by atomic mass is 16.5. The zero-order valence-corrected chi connectivity index (χ0v) is 23.4. The predicted octanol–water partition coefficient (Wildman–Crippen LogP) is 5.51. The van der Waals surface area contributed by atoms with E-state index in [1.54, 1.807) is 7.11 Å². The third-order valence-corrected chi connectivity index (χ3v) is 8.07. The highest BCUT2D eigenvalue weighted by Crippen LogP contribution is 2.31. The molecule has 210 valence electrons. The van der Waals surface area contributed by atoms with Crippen LogP contribution in [0.2, 0.25) is 0 Å². The Balaban J connectivity index is 1.31. The first kappa shape index (κ1) is 27.6. The van der Waals surface area contributed by atoms with Gasteiger partial charge in [0.05, 0.1) is 18.4 Å². The fourth-order valence-corrected chi connectivity index (χ4v) is 5.82. The number of anilines is 3. The van der Waals surface area contributed by atoms with Crippen LogP contribution in [0, 0.1) is 5.92 Å². The molecule has 0 unspecified atom stereocenters. The minimum atomic E-state index is -0.119. The summed E-state index contributed by atoms with van der Waals surface area (Å²) in [5, 5.41) is 6.22. The van der Waals surface area contributed by atoms with Crippen molar-refractivity contribution in [1.29, 1.82) is 0 Å². The van der Waals surface area contributed by atoms with Crippen LogP contribution in [0.3, 0.4) is 0 Å². The molecule has 1 heterocycles. The van der Waals surface area contributed by atoms with Gasteiger partial charge < -0.3 is 25.2 Å². The maximum absolute atomic E-state index is 13.5. The van der Waals surface area contributed by atoms with E-state index in [0.29, 0.717) is 17.8 Å². The average Bonchev–Trinajstić information content (AvgIpc) is 3.02. The standard InChI is InChI=1S/C33H40N4O3/c1-40-31-15-9-8-14-30(31)37-22-20-36(21-23-37)29-17-16-27(35-32(38)26-12-6-3-7-13-26)24-28(29)33(39)34-19-18-25-10-4-2-5-11-25/h2,4-5,8-11,14-17,24,26H,3,6-7,12-13,18-23H2,1H3,(H,34,39)(H,35,38). The fourth-order valence-electron chi connectivity index (χ4n) is 5.82. The Bertz CT molecular complexity index is 1280. The van der Waals surface area contributed by atoms with Gasteiger partial charge in [-0.25, -0.2) is 0 Å². The number of hydrogen-bond acceptors (Lipinski definition) is 5. The van der Waals surface area contributed by atoms with Crippen LogP contribution in [0.4, 0.5) is 17.1 Å². The third kappa shape index (κ3) is 6.76. The molecule has 1 aliphatic carbocycles. The lowest BCUT2D eigenvalue weighted by molar-refractivity contribution is -0.120. The Morgan fingerprint density at radius 2 is 1.50 bits per heavy atom. The molecule has 2 aliphatic rings. The van der Waals surface area contributed by atoms with Crippen LogP contribution in [0.1, 0.15) is 48.0 Å². The number of rotatable bonds is 9. The summed E-state index contributed by atoms with van der Waals surface area (Å²) in [4.78, 5) is 31.1. The Labute approximate surface area is 237 Å². The van der Waals surface area contributed by atoms with Gasteiger partial charge in [0.15, 0.2) is 0 Å². The number of ether oxygens (including phenoxy) is 1.